The van der Waals surface area contributed by atoms with Crippen molar-refractivity contribution >= 4 is 24.0 Å². The third-order valence-corrected chi connectivity index (χ3v) is 5.12. The molecule has 0 atom stereocenters. The maximum Gasteiger partial charge on any atom is 0.273 e. The summed E-state index contributed by atoms with van der Waals surface area (Å²) in [6, 6.07) is 6.90. The Morgan fingerprint density at radius 1 is 1.28 bits per heavy atom. The zero-order valence-electron chi connectivity index (χ0n) is 16.5. The van der Waals surface area contributed by atoms with Crippen LogP contribution in [-0.2, 0) is 6.42 Å². The first-order chi connectivity index (χ1) is 13.6. The number of nitrogens with one attached hydrogen (secondary N) is 2. The zero-order valence-corrected chi connectivity index (χ0v) is 17.3. The van der Waals surface area contributed by atoms with Gasteiger partial charge in [0, 0.05) is 18.7 Å². The molecule has 0 bridgehead atoms. The first-order valence-corrected chi connectivity index (χ1v) is 9.70. The van der Waals surface area contributed by atoms with Crippen LogP contribution in [0.15, 0.2) is 24.3 Å². The highest BCUT2D eigenvalue weighted by atomic mass is 35.5. The summed E-state index contributed by atoms with van der Waals surface area (Å²) in [5.74, 6) is -0.187. The largest absolute Gasteiger partial charge is 0.351 e. The van der Waals surface area contributed by atoms with E-state index in [1.165, 1.54) is 12.1 Å². The molecule has 2 heterocycles. The Hall–Kier alpha value is -2.52. The van der Waals surface area contributed by atoms with Crippen molar-refractivity contribution in [3.8, 4) is 0 Å². The fourth-order valence-electron chi connectivity index (χ4n) is 3.47. The molecule has 2 N–H and O–H groups in total. The smallest absolute Gasteiger partial charge is 0.273 e. The number of aromatic nitrogens is 3. The molecule has 1 amide bonds. The maximum atomic E-state index is 12.4. The molecule has 9 nitrogen and oxygen atoms in total. The van der Waals surface area contributed by atoms with Gasteiger partial charge in [-0.3, -0.25) is 14.9 Å². The minimum absolute atomic E-state index is 0. The summed E-state index contributed by atoms with van der Waals surface area (Å²) in [7, 11) is 0. The fourth-order valence-corrected chi connectivity index (χ4v) is 3.47. The van der Waals surface area contributed by atoms with E-state index in [0.717, 1.165) is 56.5 Å². The Morgan fingerprint density at radius 3 is 2.62 bits per heavy atom. The predicted molar refractivity (Wildman–Crippen MR) is 112 cm³/mol. The molecule has 0 aliphatic carbocycles. The topological polar surface area (TPSA) is 115 Å². The first kappa shape index (κ1) is 22.8. The number of nitro benzene ring substituents is 1. The predicted octanol–water partition coefficient (Wildman–Crippen LogP) is 2.59. The molecule has 1 saturated heterocycles. The van der Waals surface area contributed by atoms with Gasteiger partial charge in [-0.25, -0.2) is 4.68 Å². The van der Waals surface area contributed by atoms with Crippen LogP contribution in [0.2, 0.25) is 0 Å². The second-order valence-electron chi connectivity index (χ2n) is 7.09. The Labute approximate surface area is 175 Å². The number of hydrogen-bond acceptors (Lipinski definition) is 6. The number of carbonyl (C=O) groups excluding carboxylic acids is 1. The Balaban J connectivity index is 0.00000300. The van der Waals surface area contributed by atoms with Gasteiger partial charge in [-0.05, 0) is 57.7 Å². The lowest BCUT2D eigenvalue weighted by Gasteiger charge is -2.23. The van der Waals surface area contributed by atoms with Gasteiger partial charge in [0.05, 0.1) is 16.7 Å². The number of nitrogens with zero attached hydrogens (tertiary/aromatic N) is 4. The van der Waals surface area contributed by atoms with Crippen molar-refractivity contribution in [2.75, 3.05) is 19.6 Å². The van der Waals surface area contributed by atoms with E-state index >= 15 is 0 Å². The highest BCUT2D eigenvalue weighted by Crippen LogP contribution is 2.20. The van der Waals surface area contributed by atoms with Crippen molar-refractivity contribution in [1.29, 1.82) is 0 Å². The second-order valence-corrected chi connectivity index (χ2v) is 7.09. The lowest BCUT2D eigenvalue weighted by Crippen LogP contribution is -2.30. The normalized spacial score (nSPS) is 14.2. The van der Waals surface area contributed by atoms with Gasteiger partial charge >= 0.3 is 0 Å². The molecule has 1 aliphatic heterocycles. The average molecular weight is 423 g/mol. The number of non-ortho nitro benzene ring substituents is 1. The van der Waals surface area contributed by atoms with E-state index in [1.807, 2.05) is 11.6 Å². The first-order valence-electron chi connectivity index (χ1n) is 9.70. The minimum atomic E-state index is -0.400. The number of piperidine rings is 1. The molecule has 3 rings (SSSR count). The van der Waals surface area contributed by atoms with Crippen LogP contribution in [0.1, 0.15) is 53.5 Å². The Morgan fingerprint density at radius 2 is 1.97 bits per heavy atom. The van der Waals surface area contributed by atoms with Crippen LogP contribution in [0, 0.1) is 17.0 Å². The van der Waals surface area contributed by atoms with E-state index in [2.05, 4.69) is 20.9 Å². The molecule has 158 valence electrons. The second kappa shape index (κ2) is 10.9. The van der Waals surface area contributed by atoms with Crippen molar-refractivity contribution in [3.05, 3.63) is 51.3 Å². The van der Waals surface area contributed by atoms with Gasteiger partial charge in [-0.15, -0.1) is 17.5 Å². The number of rotatable bonds is 8. The van der Waals surface area contributed by atoms with E-state index in [4.69, 9.17) is 0 Å². The summed E-state index contributed by atoms with van der Waals surface area (Å²) in [6.07, 6.45) is 4.52. The number of aryl methyl sites for hydroxylation is 1. The molecule has 0 radical (unpaired) electrons. The standard InChI is InChI=1S/C19H26N6O3.ClH/c1-14-18(22-23-24(14)16-9-12-20-13-10-16)19(26)21-11-3-2-4-15-5-7-17(8-6-15)25(27)28;/h5-8,16,20H,2-4,9-13H2,1H3,(H,21,26);1H. The van der Waals surface area contributed by atoms with Crippen LogP contribution >= 0.6 is 12.4 Å². The summed E-state index contributed by atoms with van der Waals surface area (Å²) >= 11 is 0. The molecule has 1 aromatic carbocycles. The molecule has 0 unspecified atom stereocenters. The number of halogens is 1. The summed E-state index contributed by atoms with van der Waals surface area (Å²) in [5, 5.41) is 25.2. The molecule has 1 aromatic heterocycles. The fraction of sp³-hybridized carbons (Fsp3) is 0.526. The maximum absolute atomic E-state index is 12.4. The highest BCUT2D eigenvalue weighted by Gasteiger charge is 2.22. The Bertz CT molecular complexity index is 818. The third-order valence-electron chi connectivity index (χ3n) is 5.12. The SMILES string of the molecule is Cc1c(C(=O)NCCCCc2ccc([N+](=O)[O-])cc2)nnn1C1CCNCC1.Cl. The number of nitro groups is 1. The molecular weight excluding hydrogens is 396 g/mol. The van der Waals surface area contributed by atoms with Gasteiger partial charge in [0.25, 0.3) is 11.6 Å². The van der Waals surface area contributed by atoms with Gasteiger partial charge < -0.3 is 10.6 Å². The lowest BCUT2D eigenvalue weighted by molar-refractivity contribution is -0.384. The van der Waals surface area contributed by atoms with Crippen molar-refractivity contribution < 1.29 is 9.72 Å². The van der Waals surface area contributed by atoms with Crippen molar-refractivity contribution in [1.82, 2.24) is 25.6 Å². The van der Waals surface area contributed by atoms with E-state index in [1.54, 1.807) is 12.1 Å². The number of hydrogen-bond donors (Lipinski definition) is 2. The molecular formula is C19H27ClN6O3. The van der Waals surface area contributed by atoms with Gasteiger partial charge in [0.2, 0.25) is 0 Å². The van der Waals surface area contributed by atoms with E-state index in [-0.39, 0.29) is 24.0 Å². The monoisotopic (exact) mass is 422 g/mol. The van der Waals surface area contributed by atoms with E-state index in [0.29, 0.717) is 18.3 Å². The number of amides is 1. The third kappa shape index (κ3) is 5.98. The number of carbonyl (C=O) groups is 1. The molecule has 0 spiro atoms. The summed E-state index contributed by atoms with van der Waals surface area (Å²) in [6.45, 7) is 4.37. The molecule has 1 fully saturated rings. The van der Waals surface area contributed by atoms with Crippen molar-refractivity contribution in [2.24, 2.45) is 0 Å². The molecule has 1 aliphatic rings. The zero-order chi connectivity index (χ0) is 19.9. The quantitative estimate of drug-likeness (QED) is 0.384. The Kier molecular flexibility index (Phi) is 8.53. The van der Waals surface area contributed by atoms with Crippen LogP contribution in [0.5, 0.6) is 0 Å². The average Bonchev–Trinajstić information content (AvgIpc) is 3.10. The summed E-state index contributed by atoms with van der Waals surface area (Å²) < 4.78 is 1.88. The summed E-state index contributed by atoms with van der Waals surface area (Å²) in [4.78, 5) is 22.7. The number of unbranched alkanes of at least 4 members (excludes halogenated alkanes) is 1. The van der Waals surface area contributed by atoms with Crippen LogP contribution < -0.4 is 10.6 Å². The van der Waals surface area contributed by atoms with Crippen LogP contribution in [0.25, 0.3) is 0 Å². The van der Waals surface area contributed by atoms with Crippen LogP contribution in [0.4, 0.5) is 5.69 Å². The van der Waals surface area contributed by atoms with Gasteiger partial charge in [-0.1, -0.05) is 17.3 Å². The van der Waals surface area contributed by atoms with Gasteiger partial charge in [0.15, 0.2) is 5.69 Å². The number of benzene rings is 1. The minimum Gasteiger partial charge on any atom is -0.351 e. The van der Waals surface area contributed by atoms with Gasteiger partial charge in [-0.2, -0.15) is 0 Å². The lowest BCUT2D eigenvalue weighted by atomic mass is 10.1. The molecule has 2 aromatic rings. The van der Waals surface area contributed by atoms with Crippen LogP contribution in [0.3, 0.4) is 0 Å². The van der Waals surface area contributed by atoms with E-state index < -0.39 is 4.92 Å². The summed E-state index contributed by atoms with van der Waals surface area (Å²) in [5.41, 5.74) is 2.37. The molecule has 10 heteroatoms. The van der Waals surface area contributed by atoms with Crippen molar-refractivity contribution in [3.63, 3.8) is 0 Å². The van der Waals surface area contributed by atoms with E-state index in [9.17, 15) is 14.9 Å². The van der Waals surface area contributed by atoms with Gasteiger partial charge in [0.1, 0.15) is 0 Å². The molecule has 29 heavy (non-hydrogen) atoms. The van der Waals surface area contributed by atoms with Crippen molar-refractivity contribution in [2.45, 2.75) is 45.1 Å². The highest BCUT2D eigenvalue weighted by molar-refractivity contribution is 5.93. The molecule has 0 saturated carbocycles. The van der Waals surface area contributed by atoms with Crippen LogP contribution in [-0.4, -0.2) is 45.5 Å².